The molecule has 1 atom stereocenters. The van der Waals surface area contributed by atoms with E-state index < -0.39 is 6.10 Å². The number of likely N-dealkylation sites (tertiary alicyclic amines) is 1. The molecule has 1 aromatic heterocycles. The smallest absolute Gasteiger partial charge is 0.267 e. The van der Waals surface area contributed by atoms with Gasteiger partial charge in [-0.2, -0.15) is 4.98 Å². The molecule has 2 aromatic rings. The van der Waals surface area contributed by atoms with Gasteiger partial charge >= 0.3 is 0 Å². The van der Waals surface area contributed by atoms with Gasteiger partial charge in [-0.25, -0.2) is 0 Å². The Morgan fingerprint density at radius 3 is 2.86 bits per heavy atom. The van der Waals surface area contributed by atoms with E-state index in [1.165, 1.54) is 12.8 Å². The minimum absolute atomic E-state index is 0.0704. The van der Waals surface area contributed by atoms with E-state index in [-0.39, 0.29) is 18.4 Å². The maximum absolute atomic E-state index is 12.6. The standard InChI is InChI=1S/C20H23N3O5/c24-20(17-12-26-15-3-1-2-4-16(15)27-17)23-9-14(10-23)19-21-18(22-28-19)7-8-25-11-13-5-6-13/h1-4,13-14,17H,5-12H2. The van der Waals surface area contributed by atoms with Crippen LogP contribution in [0.2, 0.25) is 0 Å². The fourth-order valence-corrected chi connectivity index (χ4v) is 3.39. The summed E-state index contributed by atoms with van der Waals surface area (Å²) in [7, 11) is 0. The van der Waals surface area contributed by atoms with Crippen LogP contribution in [0, 0.1) is 5.92 Å². The molecule has 28 heavy (non-hydrogen) atoms. The topological polar surface area (TPSA) is 86.9 Å². The van der Waals surface area contributed by atoms with Crippen LogP contribution in [-0.2, 0) is 16.0 Å². The lowest BCUT2D eigenvalue weighted by atomic mass is 9.99. The predicted molar refractivity (Wildman–Crippen MR) is 97.2 cm³/mol. The fraction of sp³-hybridized carbons (Fsp3) is 0.550. The minimum atomic E-state index is -0.613. The Balaban J connectivity index is 1.09. The SMILES string of the molecule is O=C(C1COc2ccccc2O1)N1CC(c2nc(CCOCC3CC3)no2)C1. The van der Waals surface area contributed by atoms with E-state index in [1.807, 2.05) is 24.3 Å². The van der Waals surface area contributed by atoms with E-state index >= 15 is 0 Å². The van der Waals surface area contributed by atoms with E-state index in [1.54, 1.807) is 4.90 Å². The van der Waals surface area contributed by atoms with Crippen molar-refractivity contribution in [2.45, 2.75) is 31.3 Å². The Kier molecular flexibility index (Phi) is 4.64. The molecule has 1 saturated heterocycles. The molecule has 1 amide bonds. The molecule has 2 fully saturated rings. The van der Waals surface area contributed by atoms with Crippen LogP contribution >= 0.6 is 0 Å². The largest absolute Gasteiger partial charge is 0.485 e. The lowest BCUT2D eigenvalue weighted by Gasteiger charge is -2.39. The third-order valence-corrected chi connectivity index (χ3v) is 5.33. The van der Waals surface area contributed by atoms with Crippen LogP contribution in [0.15, 0.2) is 28.8 Å². The second kappa shape index (κ2) is 7.43. The maximum atomic E-state index is 12.6. The van der Waals surface area contributed by atoms with E-state index in [4.69, 9.17) is 18.7 Å². The van der Waals surface area contributed by atoms with Crippen molar-refractivity contribution in [1.29, 1.82) is 0 Å². The zero-order chi connectivity index (χ0) is 18.9. The van der Waals surface area contributed by atoms with Gasteiger partial charge in [-0.05, 0) is 30.9 Å². The van der Waals surface area contributed by atoms with Gasteiger partial charge in [0.15, 0.2) is 17.3 Å². The normalized spacial score (nSPS) is 21.4. The van der Waals surface area contributed by atoms with Crippen LogP contribution in [0.1, 0.15) is 30.5 Å². The van der Waals surface area contributed by atoms with Crippen molar-refractivity contribution in [3.63, 3.8) is 0 Å². The van der Waals surface area contributed by atoms with Gasteiger partial charge in [0.1, 0.15) is 6.61 Å². The number of ether oxygens (including phenoxy) is 3. The van der Waals surface area contributed by atoms with Crippen molar-refractivity contribution in [2.75, 3.05) is 32.9 Å². The van der Waals surface area contributed by atoms with Crippen LogP contribution < -0.4 is 9.47 Å². The molecule has 0 N–H and O–H groups in total. The second-order valence-electron chi connectivity index (χ2n) is 7.62. The molecule has 8 heteroatoms. The van der Waals surface area contributed by atoms with Crippen LogP contribution in [0.25, 0.3) is 0 Å². The van der Waals surface area contributed by atoms with Gasteiger partial charge in [0, 0.05) is 26.1 Å². The third kappa shape index (κ3) is 3.69. The highest BCUT2D eigenvalue weighted by Gasteiger charge is 2.40. The highest BCUT2D eigenvalue weighted by Crippen LogP contribution is 2.33. The summed E-state index contributed by atoms with van der Waals surface area (Å²) in [5.74, 6) is 3.30. The molecule has 0 spiro atoms. The molecule has 0 radical (unpaired) electrons. The number of aromatic nitrogens is 2. The van der Waals surface area contributed by atoms with Crippen molar-refractivity contribution in [1.82, 2.24) is 15.0 Å². The lowest BCUT2D eigenvalue weighted by molar-refractivity contribution is -0.146. The Hall–Kier alpha value is -2.61. The first-order valence-corrected chi connectivity index (χ1v) is 9.84. The maximum Gasteiger partial charge on any atom is 0.267 e. The number of nitrogens with zero attached hydrogens (tertiary/aromatic N) is 3. The predicted octanol–water partition coefficient (Wildman–Crippen LogP) is 1.80. The molecule has 1 saturated carbocycles. The van der Waals surface area contributed by atoms with Crippen molar-refractivity contribution in [2.24, 2.45) is 5.92 Å². The number of hydrogen-bond donors (Lipinski definition) is 0. The molecule has 1 unspecified atom stereocenters. The molecule has 1 aromatic carbocycles. The van der Waals surface area contributed by atoms with E-state index in [9.17, 15) is 4.79 Å². The van der Waals surface area contributed by atoms with Gasteiger partial charge in [-0.3, -0.25) is 4.79 Å². The number of rotatable bonds is 7. The Morgan fingerprint density at radius 1 is 1.21 bits per heavy atom. The molecule has 8 nitrogen and oxygen atoms in total. The number of carbonyl (C=O) groups excluding carboxylic acids is 1. The summed E-state index contributed by atoms with van der Waals surface area (Å²) >= 11 is 0. The fourth-order valence-electron chi connectivity index (χ4n) is 3.39. The van der Waals surface area contributed by atoms with Crippen molar-refractivity contribution in [3.05, 3.63) is 36.0 Å². The van der Waals surface area contributed by atoms with Crippen LogP contribution in [0.4, 0.5) is 0 Å². The van der Waals surface area contributed by atoms with Gasteiger partial charge in [0.05, 0.1) is 12.5 Å². The highest BCUT2D eigenvalue weighted by atomic mass is 16.6. The monoisotopic (exact) mass is 385 g/mol. The molecule has 0 bridgehead atoms. The Bertz CT molecular complexity index is 844. The molecule has 3 aliphatic rings. The minimum Gasteiger partial charge on any atom is -0.485 e. The van der Waals surface area contributed by atoms with E-state index in [0.29, 0.717) is 49.3 Å². The van der Waals surface area contributed by atoms with Gasteiger partial charge in [-0.15, -0.1) is 0 Å². The summed E-state index contributed by atoms with van der Waals surface area (Å²) in [6, 6.07) is 7.38. The van der Waals surface area contributed by atoms with E-state index in [2.05, 4.69) is 10.1 Å². The molecule has 3 heterocycles. The average Bonchev–Trinajstić information content (AvgIpc) is 3.41. The number of para-hydroxylation sites is 2. The van der Waals surface area contributed by atoms with Gasteiger partial charge in [0.2, 0.25) is 12.0 Å². The highest BCUT2D eigenvalue weighted by molar-refractivity contribution is 5.82. The summed E-state index contributed by atoms with van der Waals surface area (Å²) in [5.41, 5.74) is 0. The molecular weight excluding hydrogens is 362 g/mol. The van der Waals surface area contributed by atoms with E-state index in [0.717, 1.165) is 12.5 Å². The summed E-state index contributed by atoms with van der Waals surface area (Å²) < 4.78 is 22.4. The molecule has 148 valence electrons. The van der Waals surface area contributed by atoms with Gasteiger partial charge in [-0.1, -0.05) is 17.3 Å². The molecule has 2 aliphatic heterocycles. The zero-order valence-corrected chi connectivity index (χ0v) is 15.6. The summed E-state index contributed by atoms with van der Waals surface area (Å²) in [6.07, 6.45) is 2.61. The van der Waals surface area contributed by atoms with Crippen LogP contribution in [0.5, 0.6) is 11.5 Å². The van der Waals surface area contributed by atoms with Crippen molar-refractivity contribution < 1.29 is 23.5 Å². The summed E-state index contributed by atoms with van der Waals surface area (Å²) in [4.78, 5) is 18.8. The zero-order valence-electron chi connectivity index (χ0n) is 15.6. The molecule has 1 aliphatic carbocycles. The first-order valence-electron chi connectivity index (χ1n) is 9.84. The quantitative estimate of drug-likeness (QED) is 0.672. The van der Waals surface area contributed by atoms with Crippen LogP contribution in [0.3, 0.4) is 0 Å². The van der Waals surface area contributed by atoms with Crippen molar-refractivity contribution in [3.8, 4) is 11.5 Å². The third-order valence-electron chi connectivity index (χ3n) is 5.33. The number of benzene rings is 1. The lowest BCUT2D eigenvalue weighted by Crippen LogP contribution is -2.55. The Labute approximate surface area is 162 Å². The number of amides is 1. The van der Waals surface area contributed by atoms with Gasteiger partial charge < -0.3 is 23.6 Å². The van der Waals surface area contributed by atoms with Crippen molar-refractivity contribution >= 4 is 5.91 Å². The summed E-state index contributed by atoms with van der Waals surface area (Å²) in [6.45, 7) is 2.79. The average molecular weight is 385 g/mol. The number of carbonyl (C=O) groups is 1. The first-order chi connectivity index (χ1) is 13.8. The van der Waals surface area contributed by atoms with Gasteiger partial charge in [0.25, 0.3) is 5.91 Å². The van der Waals surface area contributed by atoms with Crippen LogP contribution in [-0.4, -0.2) is 60.0 Å². The number of hydrogen-bond acceptors (Lipinski definition) is 7. The first kappa shape index (κ1) is 17.5. The molecular formula is C20H23N3O5. The summed E-state index contributed by atoms with van der Waals surface area (Å²) in [5, 5.41) is 4.02. The second-order valence-corrected chi connectivity index (χ2v) is 7.62. The molecule has 5 rings (SSSR count). The Morgan fingerprint density at radius 2 is 2.04 bits per heavy atom. The number of fused-ring (bicyclic) bond motifs is 1.